The quantitative estimate of drug-likeness (QED) is 0.852. The number of halogens is 1. The number of aldehydes is 1. The fourth-order valence-corrected chi connectivity index (χ4v) is 2.30. The first-order chi connectivity index (χ1) is 9.28. The van der Waals surface area contributed by atoms with Crippen molar-refractivity contribution in [2.45, 2.75) is 6.17 Å². The van der Waals surface area contributed by atoms with E-state index in [1.807, 2.05) is 42.5 Å². The van der Waals surface area contributed by atoms with E-state index in [-0.39, 0.29) is 0 Å². The highest BCUT2D eigenvalue weighted by Crippen LogP contribution is 2.28. The molecule has 1 atom stereocenters. The number of aliphatic imine (C=N–C) groups is 1. The van der Waals surface area contributed by atoms with E-state index in [0.717, 1.165) is 28.8 Å². The summed E-state index contributed by atoms with van der Waals surface area (Å²) < 4.78 is 0. The van der Waals surface area contributed by atoms with Crippen LogP contribution in [0.25, 0.3) is 0 Å². The molecule has 3 rings (SSSR count). The predicted octanol–water partition coefficient (Wildman–Crippen LogP) is 3.13. The van der Waals surface area contributed by atoms with Gasteiger partial charge in [0.05, 0.1) is 5.71 Å². The highest BCUT2D eigenvalue weighted by molar-refractivity contribution is 6.31. The van der Waals surface area contributed by atoms with Gasteiger partial charge in [-0.25, -0.2) is 0 Å². The van der Waals surface area contributed by atoms with Crippen LogP contribution >= 0.6 is 11.6 Å². The third-order valence-corrected chi connectivity index (χ3v) is 3.22. The van der Waals surface area contributed by atoms with Gasteiger partial charge in [0.15, 0.2) is 12.5 Å². The molecule has 1 heterocycles. The Labute approximate surface area is 115 Å². The number of nitrogens with one attached hydrogen (secondary N) is 1. The maximum Gasteiger partial charge on any atom is 0.175 e. The summed E-state index contributed by atoms with van der Waals surface area (Å²) in [5, 5.41) is 3.71. The van der Waals surface area contributed by atoms with Crippen LogP contribution in [0.4, 0.5) is 5.69 Å². The van der Waals surface area contributed by atoms with Crippen molar-refractivity contribution in [3.8, 4) is 0 Å². The molecule has 1 N–H and O–H groups in total. The second-order valence-electron chi connectivity index (χ2n) is 4.26. The zero-order valence-electron chi connectivity index (χ0n) is 10.0. The van der Waals surface area contributed by atoms with Crippen molar-refractivity contribution in [1.29, 1.82) is 0 Å². The lowest BCUT2D eigenvalue weighted by Crippen LogP contribution is -2.27. The molecule has 0 saturated heterocycles. The number of hydrogen-bond acceptors (Lipinski definition) is 3. The molecule has 0 fully saturated rings. The van der Waals surface area contributed by atoms with E-state index in [9.17, 15) is 4.79 Å². The van der Waals surface area contributed by atoms with E-state index in [1.165, 1.54) is 0 Å². The van der Waals surface area contributed by atoms with Crippen LogP contribution in [-0.2, 0) is 4.79 Å². The molecule has 2 aromatic rings. The fourth-order valence-electron chi connectivity index (χ4n) is 2.13. The van der Waals surface area contributed by atoms with Crippen molar-refractivity contribution in [3.05, 3.63) is 64.7 Å². The van der Waals surface area contributed by atoms with Crippen molar-refractivity contribution in [3.63, 3.8) is 0 Å². The van der Waals surface area contributed by atoms with Gasteiger partial charge in [-0.15, -0.1) is 0 Å². The van der Waals surface area contributed by atoms with Crippen LogP contribution in [0.5, 0.6) is 0 Å². The number of carbonyl (C=O) groups excluding carboxylic acids is 1. The lowest BCUT2D eigenvalue weighted by atomic mass is 9.99. The summed E-state index contributed by atoms with van der Waals surface area (Å²) in [5.74, 6) is 0. The molecule has 0 radical (unpaired) electrons. The van der Waals surface area contributed by atoms with Gasteiger partial charge in [0.1, 0.15) is 0 Å². The molecular weight excluding hydrogens is 260 g/mol. The second kappa shape index (κ2) is 4.86. The monoisotopic (exact) mass is 270 g/mol. The first kappa shape index (κ1) is 11.9. The maximum absolute atomic E-state index is 11.0. The second-order valence-corrected chi connectivity index (χ2v) is 4.70. The highest BCUT2D eigenvalue weighted by Gasteiger charge is 2.20. The number of rotatable bonds is 2. The van der Waals surface area contributed by atoms with E-state index in [1.54, 1.807) is 6.07 Å². The number of carbonyl (C=O) groups is 1. The molecule has 0 saturated carbocycles. The summed E-state index contributed by atoms with van der Waals surface area (Å²) >= 11 is 6.05. The number of hydrogen-bond donors (Lipinski definition) is 1. The standard InChI is InChI=1S/C15H11ClN2O/c16-11-6-7-13-12(8-11)15(18-14(9-19)17-13)10-4-2-1-3-5-10/h1-9,14,17H. The van der Waals surface area contributed by atoms with Gasteiger partial charge in [0.25, 0.3) is 0 Å². The number of fused-ring (bicyclic) bond motifs is 1. The minimum Gasteiger partial charge on any atom is -0.357 e. The van der Waals surface area contributed by atoms with E-state index >= 15 is 0 Å². The highest BCUT2D eigenvalue weighted by atomic mass is 35.5. The van der Waals surface area contributed by atoms with Crippen LogP contribution in [0, 0.1) is 0 Å². The molecule has 0 amide bonds. The lowest BCUT2D eigenvalue weighted by Gasteiger charge is -2.22. The molecule has 0 aromatic heterocycles. The molecule has 0 aliphatic carbocycles. The normalized spacial score (nSPS) is 17.1. The number of anilines is 1. The van der Waals surface area contributed by atoms with Crippen LogP contribution < -0.4 is 5.32 Å². The van der Waals surface area contributed by atoms with E-state index in [4.69, 9.17) is 11.6 Å². The zero-order chi connectivity index (χ0) is 13.2. The summed E-state index contributed by atoms with van der Waals surface area (Å²) in [6.07, 6.45) is 0.240. The molecule has 1 aliphatic heterocycles. The van der Waals surface area contributed by atoms with E-state index in [0.29, 0.717) is 5.02 Å². The lowest BCUT2D eigenvalue weighted by molar-refractivity contribution is -0.108. The molecule has 94 valence electrons. The average Bonchev–Trinajstić information content (AvgIpc) is 2.47. The summed E-state index contributed by atoms with van der Waals surface area (Å²) in [4.78, 5) is 15.4. The first-order valence-electron chi connectivity index (χ1n) is 5.93. The SMILES string of the molecule is O=CC1N=C(c2ccccc2)c2cc(Cl)ccc2N1. The van der Waals surface area contributed by atoms with Crippen molar-refractivity contribution in [1.82, 2.24) is 0 Å². The van der Waals surface area contributed by atoms with Crippen LogP contribution in [0.3, 0.4) is 0 Å². The van der Waals surface area contributed by atoms with E-state index < -0.39 is 6.17 Å². The molecule has 1 unspecified atom stereocenters. The summed E-state index contributed by atoms with van der Waals surface area (Å²) in [7, 11) is 0. The minimum absolute atomic E-state index is 0.552. The average molecular weight is 271 g/mol. The van der Waals surface area contributed by atoms with Crippen LogP contribution in [0.1, 0.15) is 11.1 Å². The predicted molar refractivity (Wildman–Crippen MR) is 77.0 cm³/mol. The molecule has 1 aliphatic rings. The Morgan fingerprint density at radius 3 is 2.68 bits per heavy atom. The Bertz CT molecular complexity index is 652. The summed E-state index contributed by atoms with van der Waals surface area (Å²) in [6, 6.07) is 15.3. The van der Waals surface area contributed by atoms with Gasteiger partial charge >= 0.3 is 0 Å². The Hall–Kier alpha value is -2.13. The molecule has 0 bridgehead atoms. The van der Waals surface area contributed by atoms with Crippen LogP contribution in [0.15, 0.2) is 53.5 Å². The zero-order valence-corrected chi connectivity index (χ0v) is 10.8. The van der Waals surface area contributed by atoms with Gasteiger partial charge in [-0.1, -0.05) is 41.9 Å². The Morgan fingerprint density at radius 2 is 1.95 bits per heavy atom. The minimum atomic E-state index is -0.552. The van der Waals surface area contributed by atoms with Crippen LogP contribution in [-0.4, -0.2) is 18.2 Å². The van der Waals surface area contributed by atoms with Crippen molar-refractivity contribution < 1.29 is 4.79 Å². The van der Waals surface area contributed by atoms with Gasteiger partial charge in [-0.3, -0.25) is 9.79 Å². The Kier molecular flexibility index (Phi) is 3.05. The third kappa shape index (κ3) is 2.25. The van der Waals surface area contributed by atoms with Crippen molar-refractivity contribution >= 4 is 29.3 Å². The molecule has 3 nitrogen and oxygen atoms in total. The van der Waals surface area contributed by atoms with Gasteiger partial charge in [-0.2, -0.15) is 0 Å². The van der Waals surface area contributed by atoms with Crippen molar-refractivity contribution in [2.75, 3.05) is 5.32 Å². The molecule has 0 spiro atoms. The molecular formula is C15H11ClN2O. The van der Waals surface area contributed by atoms with E-state index in [2.05, 4.69) is 10.3 Å². The van der Waals surface area contributed by atoms with Crippen molar-refractivity contribution in [2.24, 2.45) is 4.99 Å². The van der Waals surface area contributed by atoms with Crippen LogP contribution in [0.2, 0.25) is 5.02 Å². The summed E-state index contributed by atoms with van der Waals surface area (Å²) in [6.45, 7) is 0. The number of nitrogens with zero attached hydrogens (tertiary/aromatic N) is 1. The summed E-state index contributed by atoms with van der Waals surface area (Å²) in [5.41, 5.74) is 3.54. The smallest absolute Gasteiger partial charge is 0.175 e. The first-order valence-corrected chi connectivity index (χ1v) is 6.31. The van der Waals surface area contributed by atoms with Gasteiger partial charge in [-0.05, 0) is 18.2 Å². The number of benzene rings is 2. The molecule has 2 aromatic carbocycles. The van der Waals surface area contributed by atoms with Gasteiger partial charge in [0.2, 0.25) is 0 Å². The topological polar surface area (TPSA) is 41.5 Å². The maximum atomic E-state index is 11.0. The third-order valence-electron chi connectivity index (χ3n) is 2.98. The molecule has 4 heteroatoms. The Balaban J connectivity index is 2.18. The fraction of sp³-hybridized carbons (Fsp3) is 0.0667. The Morgan fingerprint density at radius 1 is 1.16 bits per heavy atom. The molecule has 19 heavy (non-hydrogen) atoms. The van der Waals surface area contributed by atoms with Gasteiger partial charge in [0, 0.05) is 21.8 Å². The largest absolute Gasteiger partial charge is 0.357 e. The van der Waals surface area contributed by atoms with Gasteiger partial charge < -0.3 is 5.32 Å².